The highest BCUT2D eigenvalue weighted by Crippen LogP contribution is 2.43. The van der Waals surface area contributed by atoms with Gasteiger partial charge in [-0.05, 0) is 19.3 Å². The summed E-state index contributed by atoms with van der Waals surface area (Å²) in [5, 5.41) is 13.7. The summed E-state index contributed by atoms with van der Waals surface area (Å²) < 4.78 is 22.1. The molecule has 0 aliphatic rings. The number of carbonyl (C=O) groups is 1. The summed E-state index contributed by atoms with van der Waals surface area (Å²) in [5.41, 5.74) is 5.37. The number of nitrogens with one attached hydrogen (secondary N) is 1. The standard InChI is InChI=1S/C41H83N2O6P/c1-3-5-7-9-11-13-15-17-18-19-20-21-22-23-24-26-28-30-32-34-40(44)39(38-49-50(46,47)48-37-36-42)43-41(45)35-33-31-29-27-25-16-14-12-10-8-6-4-2/h32,34,39-40,44H,3-31,33,35-38,42H2,1-2H3,(H,43,45)(H,46,47)/b34-32+. The van der Waals surface area contributed by atoms with Crippen LogP contribution in [0.25, 0.3) is 0 Å². The van der Waals surface area contributed by atoms with Crippen LogP contribution in [0.3, 0.4) is 0 Å². The number of hydrogen-bond donors (Lipinski definition) is 4. The molecule has 0 aliphatic heterocycles. The minimum absolute atomic E-state index is 0.0812. The molecule has 0 aromatic rings. The zero-order valence-corrected chi connectivity index (χ0v) is 33.8. The van der Waals surface area contributed by atoms with E-state index in [9.17, 15) is 19.4 Å². The topological polar surface area (TPSA) is 131 Å². The Morgan fingerprint density at radius 3 is 1.42 bits per heavy atom. The first kappa shape index (κ1) is 49.2. The van der Waals surface area contributed by atoms with Crippen LogP contribution < -0.4 is 11.1 Å². The quantitative estimate of drug-likeness (QED) is 0.0280. The summed E-state index contributed by atoms with van der Waals surface area (Å²) >= 11 is 0. The van der Waals surface area contributed by atoms with Crippen molar-refractivity contribution in [3.05, 3.63) is 12.2 Å². The number of amides is 1. The van der Waals surface area contributed by atoms with E-state index < -0.39 is 20.0 Å². The van der Waals surface area contributed by atoms with E-state index in [1.807, 2.05) is 6.08 Å². The molecule has 0 rings (SSSR count). The lowest BCUT2D eigenvalue weighted by Gasteiger charge is -2.23. The molecule has 0 saturated carbocycles. The first-order valence-corrected chi connectivity index (χ1v) is 22.8. The molecule has 298 valence electrons. The summed E-state index contributed by atoms with van der Waals surface area (Å²) in [6.07, 6.45) is 41.1. The fraction of sp³-hybridized carbons (Fsp3) is 0.927. The average Bonchev–Trinajstić information content (AvgIpc) is 3.10. The van der Waals surface area contributed by atoms with Gasteiger partial charge in [0.2, 0.25) is 5.91 Å². The van der Waals surface area contributed by atoms with Gasteiger partial charge in [0.15, 0.2) is 0 Å². The Bertz CT molecular complexity index is 799. The number of phosphoric ester groups is 1. The van der Waals surface area contributed by atoms with Crippen LogP contribution in [-0.4, -0.2) is 47.8 Å². The molecule has 5 N–H and O–H groups in total. The highest BCUT2D eigenvalue weighted by atomic mass is 31.2. The molecule has 0 heterocycles. The van der Waals surface area contributed by atoms with Crippen molar-refractivity contribution >= 4 is 13.7 Å². The molecule has 3 atom stereocenters. The molecule has 0 saturated heterocycles. The van der Waals surface area contributed by atoms with Crippen molar-refractivity contribution in [1.29, 1.82) is 0 Å². The zero-order chi connectivity index (χ0) is 36.8. The maximum atomic E-state index is 12.7. The monoisotopic (exact) mass is 731 g/mol. The molecule has 50 heavy (non-hydrogen) atoms. The maximum Gasteiger partial charge on any atom is 0.472 e. The second kappa shape index (κ2) is 38.0. The van der Waals surface area contributed by atoms with Gasteiger partial charge in [0.05, 0.1) is 25.4 Å². The van der Waals surface area contributed by atoms with Crippen molar-refractivity contribution in [2.45, 2.75) is 225 Å². The van der Waals surface area contributed by atoms with Crippen molar-refractivity contribution in [3.8, 4) is 0 Å². The predicted molar refractivity (Wildman–Crippen MR) is 212 cm³/mol. The minimum Gasteiger partial charge on any atom is -0.387 e. The van der Waals surface area contributed by atoms with Gasteiger partial charge in [-0.2, -0.15) is 0 Å². The Hall–Kier alpha value is -0.760. The van der Waals surface area contributed by atoms with Crippen molar-refractivity contribution in [2.75, 3.05) is 19.8 Å². The molecule has 0 aliphatic carbocycles. The van der Waals surface area contributed by atoms with E-state index in [4.69, 9.17) is 14.8 Å². The van der Waals surface area contributed by atoms with E-state index in [2.05, 4.69) is 19.2 Å². The van der Waals surface area contributed by atoms with Crippen molar-refractivity contribution in [2.24, 2.45) is 5.73 Å². The maximum absolute atomic E-state index is 12.7. The third-order valence-electron chi connectivity index (χ3n) is 9.61. The lowest BCUT2D eigenvalue weighted by Crippen LogP contribution is -2.45. The molecule has 1 amide bonds. The molecule has 3 unspecified atom stereocenters. The first-order chi connectivity index (χ1) is 24.4. The Morgan fingerprint density at radius 1 is 0.640 bits per heavy atom. The van der Waals surface area contributed by atoms with Gasteiger partial charge in [0.1, 0.15) is 0 Å². The third kappa shape index (κ3) is 35.6. The number of nitrogens with two attached hydrogens (primary N) is 1. The third-order valence-corrected chi connectivity index (χ3v) is 10.6. The molecule has 0 bridgehead atoms. The number of phosphoric acid groups is 1. The van der Waals surface area contributed by atoms with Gasteiger partial charge in [0.25, 0.3) is 0 Å². The van der Waals surface area contributed by atoms with Gasteiger partial charge in [-0.25, -0.2) is 4.57 Å². The van der Waals surface area contributed by atoms with Gasteiger partial charge in [-0.3, -0.25) is 13.8 Å². The first-order valence-electron chi connectivity index (χ1n) is 21.3. The summed E-state index contributed by atoms with van der Waals surface area (Å²) in [7, 11) is -4.33. The number of aliphatic hydroxyl groups excluding tert-OH is 1. The molecule has 0 fully saturated rings. The van der Waals surface area contributed by atoms with E-state index in [1.54, 1.807) is 6.08 Å². The second-order valence-electron chi connectivity index (χ2n) is 14.6. The summed E-state index contributed by atoms with van der Waals surface area (Å²) in [6.45, 7) is 4.15. The Kier molecular flexibility index (Phi) is 37.4. The van der Waals surface area contributed by atoms with E-state index >= 15 is 0 Å². The lowest BCUT2D eigenvalue weighted by atomic mass is 10.0. The fourth-order valence-electron chi connectivity index (χ4n) is 6.37. The number of unbranched alkanes of at least 4 members (excludes halogenated alkanes) is 28. The van der Waals surface area contributed by atoms with Crippen LogP contribution in [0, 0.1) is 0 Å². The number of aliphatic hydroxyl groups is 1. The van der Waals surface area contributed by atoms with Crippen LogP contribution in [0.5, 0.6) is 0 Å². The van der Waals surface area contributed by atoms with Crippen molar-refractivity contribution in [1.82, 2.24) is 5.32 Å². The van der Waals surface area contributed by atoms with Gasteiger partial charge in [-0.15, -0.1) is 0 Å². The van der Waals surface area contributed by atoms with Crippen LogP contribution in [0.2, 0.25) is 0 Å². The molecule has 0 radical (unpaired) electrons. The largest absolute Gasteiger partial charge is 0.472 e. The summed E-state index contributed by atoms with van der Waals surface area (Å²) in [5.74, 6) is -0.193. The Morgan fingerprint density at radius 2 is 1.02 bits per heavy atom. The van der Waals surface area contributed by atoms with Crippen LogP contribution in [0.4, 0.5) is 0 Å². The van der Waals surface area contributed by atoms with Crippen LogP contribution in [0.15, 0.2) is 12.2 Å². The van der Waals surface area contributed by atoms with Gasteiger partial charge >= 0.3 is 7.82 Å². The molecule has 0 aromatic carbocycles. The van der Waals surface area contributed by atoms with Gasteiger partial charge in [0, 0.05) is 13.0 Å². The van der Waals surface area contributed by atoms with Crippen molar-refractivity contribution in [3.63, 3.8) is 0 Å². The molecule has 9 heteroatoms. The highest BCUT2D eigenvalue weighted by molar-refractivity contribution is 7.47. The normalized spacial score (nSPS) is 14.3. The SMILES string of the molecule is CCCCCCCCCCCCCCCCCCC/C=C/C(O)C(COP(=O)(O)OCCN)NC(=O)CCCCCCCCCCCCCC. The second-order valence-corrected chi connectivity index (χ2v) is 16.0. The molecule has 8 nitrogen and oxygen atoms in total. The number of hydrogen-bond acceptors (Lipinski definition) is 6. The Balaban J connectivity index is 4.18. The average molecular weight is 731 g/mol. The highest BCUT2D eigenvalue weighted by Gasteiger charge is 2.26. The number of carbonyl (C=O) groups excluding carboxylic acids is 1. The summed E-state index contributed by atoms with van der Waals surface area (Å²) in [6, 6.07) is -0.853. The van der Waals surface area contributed by atoms with Gasteiger partial charge < -0.3 is 21.1 Å². The summed E-state index contributed by atoms with van der Waals surface area (Å²) in [4.78, 5) is 22.6. The molecular weight excluding hydrogens is 647 g/mol. The predicted octanol–water partition coefficient (Wildman–Crippen LogP) is 11.6. The fourth-order valence-corrected chi connectivity index (χ4v) is 7.13. The smallest absolute Gasteiger partial charge is 0.387 e. The number of rotatable bonds is 40. The Labute approximate surface area is 309 Å². The van der Waals surface area contributed by atoms with E-state index in [-0.39, 0.29) is 25.7 Å². The van der Waals surface area contributed by atoms with E-state index in [1.165, 1.54) is 154 Å². The van der Waals surface area contributed by atoms with Crippen LogP contribution >= 0.6 is 7.82 Å². The molecule has 0 aromatic heterocycles. The van der Waals surface area contributed by atoms with Crippen LogP contribution in [-0.2, 0) is 18.4 Å². The van der Waals surface area contributed by atoms with E-state index in [0.717, 1.165) is 38.5 Å². The molecule has 0 spiro atoms. The van der Waals surface area contributed by atoms with Crippen molar-refractivity contribution < 1.29 is 28.4 Å². The lowest BCUT2D eigenvalue weighted by molar-refractivity contribution is -0.123. The molecular formula is C41H83N2O6P. The zero-order valence-electron chi connectivity index (χ0n) is 32.9. The van der Waals surface area contributed by atoms with E-state index in [0.29, 0.717) is 6.42 Å². The number of allylic oxidation sites excluding steroid dienone is 1. The minimum atomic E-state index is -4.33. The van der Waals surface area contributed by atoms with Crippen LogP contribution in [0.1, 0.15) is 213 Å². The van der Waals surface area contributed by atoms with Gasteiger partial charge in [-0.1, -0.05) is 199 Å².